The summed E-state index contributed by atoms with van der Waals surface area (Å²) in [6.07, 6.45) is 2.50. The molecule has 3 heteroatoms. The minimum absolute atomic E-state index is 0.122. The summed E-state index contributed by atoms with van der Waals surface area (Å²) in [5.74, 6) is 0.593. The van der Waals surface area contributed by atoms with Crippen LogP contribution < -0.4 is 5.73 Å². The molecule has 2 unspecified atom stereocenters. The fourth-order valence-electron chi connectivity index (χ4n) is 2.67. The summed E-state index contributed by atoms with van der Waals surface area (Å²) in [4.78, 5) is 2.38. The van der Waals surface area contributed by atoms with E-state index < -0.39 is 0 Å². The van der Waals surface area contributed by atoms with Gasteiger partial charge in [-0.3, -0.25) is 4.90 Å². The largest absolute Gasteiger partial charge is 0.326 e. The molecule has 2 N–H and O–H groups in total. The number of benzene rings is 1. The molecule has 0 aliphatic carbocycles. The average Bonchev–Trinajstić information content (AvgIpc) is 2.36. The Morgan fingerprint density at radius 3 is 2.78 bits per heavy atom. The smallest absolute Gasteiger partial charge is 0.128 e. The van der Waals surface area contributed by atoms with Crippen LogP contribution >= 0.6 is 0 Å². The van der Waals surface area contributed by atoms with Crippen LogP contribution in [-0.4, -0.2) is 17.5 Å². The predicted molar refractivity (Wildman–Crippen MR) is 72.6 cm³/mol. The summed E-state index contributed by atoms with van der Waals surface area (Å²) in [5.41, 5.74) is 7.16. The first-order valence-electron chi connectivity index (χ1n) is 6.81. The zero-order valence-electron chi connectivity index (χ0n) is 11.3. The molecule has 0 aromatic heterocycles. The Hall–Kier alpha value is -0.930. The van der Waals surface area contributed by atoms with Gasteiger partial charge in [-0.1, -0.05) is 19.1 Å². The molecule has 0 radical (unpaired) electrons. The van der Waals surface area contributed by atoms with Gasteiger partial charge in [-0.05, 0) is 37.3 Å². The van der Waals surface area contributed by atoms with Crippen molar-refractivity contribution in [2.24, 2.45) is 11.7 Å². The maximum Gasteiger partial charge on any atom is 0.128 e. The fourth-order valence-corrected chi connectivity index (χ4v) is 2.67. The van der Waals surface area contributed by atoms with Crippen molar-refractivity contribution >= 4 is 0 Å². The molecule has 1 fully saturated rings. The van der Waals surface area contributed by atoms with Crippen LogP contribution in [0, 0.1) is 11.7 Å². The van der Waals surface area contributed by atoms with Gasteiger partial charge >= 0.3 is 0 Å². The third-order valence-corrected chi connectivity index (χ3v) is 3.97. The van der Waals surface area contributed by atoms with Gasteiger partial charge in [-0.25, -0.2) is 4.39 Å². The van der Waals surface area contributed by atoms with Crippen molar-refractivity contribution in [3.63, 3.8) is 0 Å². The van der Waals surface area contributed by atoms with E-state index in [0.29, 0.717) is 25.0 Å². The molecule has 0 bridgehead atoms. The van der Waals surface area contributed by atoms with E-state index in [4.69, 9.17) is 5.73 Å². The van der Waals surface area contributed by atoms with Crippen molar-refractivity contribution in [1.82, 2.24) is 4.90 Å². The lowest BCUT2D eigenvalue weighted by molar-refractivity contribution is 0.116. The molecule has 2 nitrogen and oxygen atoms in total. The quantitative estimate of drug-likeness (QED) is 0.893. The van der Waals surface area contributed by atoms with Gasteiger partial charge in [0.15, 0.2) is 0 Å². The lowest BCUT2D eigenvalue weighted by Gasteiger charge is -2.36. The number of likely N-dealkylation sites (tertiary alicyclic amines) is 1. The van der Waals surface area contributed by atoms with E-state index in [0.717, 1.165) is 17.7 Å². The van der Waals surface area contributed by atoms with Crippen LogP contribution in [0.1, 0.15) is 37.8 Å². The number of nitrogens with zero attached hydrogens (tertiary/aromatic N) is 1. The van der Waals surface area contributed by atoms with Crippen LogP contribution in [0.3, 0.4) is 0 Å². The molecule has 1 aliphatic rings. The maximum atomic E-state index is 13.9. The first kappa shape index (κ1) is 13.5. The highest BCUT2D eigenvalue weighted by Crippen LogP contribution is 2.24. The van der Waals surface area contributed by atoms with Gasteiger partial charge in [0.2, 0.25) is 0 Å². The zero-order valence-corrected chi connectivity index (χ0v) is 11.3. The molecule has 1 aromatic carbocycles. The summed E-state index contributed by atoms with van der Waals surface area (Å²) in [5, 5.41) is 0. The predicted octanol–water partition coefficient (Wildman–Crippen LogP) is 2.90. The first-order valence-corrected chi connectivity index (χ1v) is 6.81. The van der Waals surface area contributed by atoms with Gasteiger partial charge in [0.05, 0.1) is 0 Å². The van der Waals surface area contributed by atoms with Crippen molar-refractivity contribution in [2.45, 2.75) is 45.8 Å². The van der Waals surface area contributed by atoms with Gasteiger partial charge in [0.25, 0.3) is 0 Å². The standard InChI is InChI=1S/C15H23FN2/c1-11-3-4-12(2)18(9-11)10-14-6-5-13(8-17)7-15(14)16/h5-7,11-12H,3-4,8-10,17H2,1-2H3. The topological polar surface area (TPSA) is 29.3 Å². The van der Waals surface area contributed by atoms with Crippen LogP contribution in [0.2, 0.25) is 0 Å². The van der Waals surface area contributed by atoms with E-state index >= 15 is 0 Å². The number of hydrogen-bond acceptors (Lipinski definition) is 2. The second-order valence-corrected chi connectivity index (χ2v) is 5.59. The van der Waals surface area contributed by atoms with E-state index in [1.807, 2.05) is 12.1 Å². The Balaban J connectivity index is 2.08. The molecule has 18 heavy (non-hydrogen) atoms. The van der Waals surface area contributed by atoms with Crippen LogP contribution in [-0.2, 0) is 13.1 Å². The summed E-state index contributed by atoms with van der Waals surface area (Å²) < 4.78 is 13.9. The number of piperidine rings is 1. The van der Waals surface area contributed by atoms with Gasteiger partial charge in [0.1, 0.15) is 5.82 Å². The fraction of sp³-hybridized carbons (Fsp3) is 0.600. The number of nitrogens with two attached hydrogens (primary N) is 1. The number of halogens is 1. The molecule has 1 aromatic rings. The molecule has 1 saturated heterocycles. The average molecular weight is 250 g/mol. The highest BCUT2D eigenvalue weighted by molar-refractivity contribution is 5.24. The third-order valence-electron chi connectivity index (χ3n) is 3.97. The molecule has 2 rings (SSSR count). The van der Waals surface area contributed by atoms with Crippen molar-refractivity contribution in [3.8, 4) is 0 Å². The second kappa shape index (κ2) is 5.81. The summed E-state index contributed by atoms with van der Waals surface area (Å²) in [6, 6.07) is 5.92. The van der Waals surface area contributed by atoms with Crippen LogP contribution in [0.4, 0.5) is 4.39 Å². The maximum absolute atomic E-state index is 13.9. The van der Waals surface area contributed by atoms with Crippen LogP contribution in [0.15, 0.2) is 18.2 Å². The molecule has 2 atom stereocenters. The molecular weight excluding hydrogens is 227 g/mol. The molecular formula is C15H23FN2. The third kappa shape index (κ3) is 3.09. The lowest BCUT2D eigenvalue weighted by atomic mass is 9.94. The minimum atomic E-state index is -0.122. The number of hydrogen-bond donors (Lipinski definition) is 1. The van der Waals surface area contributed by atoms with Crippen molar-refractivity contribution in [1.29, 1.82) is 0 Å². The highest BCUT2D eigenvalue weighted by atomic mass is 19.1. The van der Waals surface area contributed by atoms with Gasteiger partial charge < -0.3 is 5.73 Å². The highest BCUT2D eigenvalue weighted by Gasteiger charge is 2.23. The molecule has 100 valence electrons. The molecule has 0 saturated carbocycles. The molecule has 1 aliphatic heterocycles. The molecule has 0 amide bonds. The Labute approximate surface area is 109 Å². The minimum Gasteiger partial charge on any atom is -0.326 e. The molecule has 0 spiro atoms. The Bertz CT molecular complexity index is 405. The van der Waals surface area contributed by atoms with Crippen molar-refractivity contribution in [3.05, 3.63) is 35.1 Å². The van der Waals surface area contributed by atoms with Gasteiger partial charge in [0, 0.05) is 31.2 Å². The van der Waals surface area contributed by atoms with E-state index in [1.54, 1.807) is 6.07 Å². The first-order chi connectivity index (χ1) is 8.60. The van der Waals surface area contributed by atoms with Crippen molar-refractivity contribution in [2.75, 3.05) is 6.54 Å². The van der Waals surface area contributed by atoms with Gasteiger partial charge in [-0.2, -0.15) is 0 Å². The summed E-state index contributed by atoms with van der Waals surface area (Å²) >= 11 is 0. The summed E-state index contributed by atoms with van der Waals surface area (Å²) in [6.45, 7) is 6.68. The Morgan fingerprint density at radius 2 is 2.11 bits per heavy atom. The van der Waals surface area contributed by atoms with E-state index in [-0.39, 0.29) is 5.82 Å². The van der Waals surface area contributed by atoms with Crippen LogP contribution in [0.5, 0.6) is 0 Å². The van der Waals surface area contributed by atoms with Gasteiger partial charge in [-0.15, -0.1) is 0 Å². The van der Waals surface area contributed by atoms with E-state index in [1.165, 1.54) is 12.8 Å². The van der Waals surface area contributed by atoms with Crippen molar-refractivity contribution < 1.29 is 4.39 Å². The normalized spacial score (nSPS) is 25.3. The molecule has 1 heterocycles. The number of rotatable bonds is 3. The van der Waals surface area contributed by atoms with E-state index in [2.05, 4.69) is 18.7 Å². The Morgan fingerprint density at radius 1 is 1.33 bits per heavy atom. The SMILES string of the molecule is CC1CCC(C)N(Cc2ccc(CN)cc2F)C1. The monoisotopic (exact) mass is 250 g/mol. The van der Waals surface area contributed by atoms with E-state index in [9.17, 15) is 4.39 Å². The Kier molecular flexibility index (Phi) is 4.36. The zero-order chi connectivity index (χ0) is 13.1. The second-order valence-electron chi connectivity index (χ2n) is 5.59. The lowest BCUT2D eigenvalue weighted by Crippen LogP contribution is -2.40. The summed E-state index contributed by atoms with van der Waals surface area (Å²) in [7, 11) is 0. The van der Waals surface area contributed by atoms with Crippen LogP contribution in [0.25, 0.3) is 0 Å².